The van der Waals surface area contributed by atoms with Crippen LogP contribution in [0.15, 0.2) is 25.3 Å². The first kappa shape index (κ1) is 16.4. The molecule has 0 N–H and O–H groups in total. The molecule has 1 aromatic rings. The molecule has 1 aromatic heterocycles. The van der Waals surface area contributed by atoms with Crippen LogP contribution >= 0.6 is 12.4 Å². The molecule has 0 aliphatic carbocycles. The number of hydrogen-bond donors (Lipinski definition) is 0. The first-order chi connectivity index (χ1) is 5.93. The summed E-state index contributed by atoms with van der Waals surface area (Å²) in [7, 11) is 0. The summed E-state index contributed by atoms with van der Waals surface area (Å²) < 4.78 is 6.72. The molecule has 14 heavy (non-hydrogen) atoms. The fourth-order valence-electron chi connectivity index (χ4n) is 0.888. The van der Waals surface area contributed by atoms with Crippen LogP contribution in [-0.4, -0.2) is 45.8 Å². The molecule has 0 saturated carbocycles. The molecule has 0 aromatic carbocycles. The standard InChI is InChI=1S/C5H6N2.C4H8O.ClH.Mg.2H/c1-2-7-4-3-6-5-7;1-2-4-5-3-1;;;;/h2-5H,1H2;1-4H2;1H;;;/q;;;+2;2*-1. The number of nitrogens with zero attached hydrogens (tertiary/aromatic N) is 2. The summed E-state index contributed by atoms with van der Waals surface area (Å²) in [5.74, 6) is 0. The van der Waals surface area contributed by atoms with E-state index in [1.165, 1.54) is 12.8 Å². The van der Waals surface area contributed by atoms with Gasteiger partial charge in [-0.15, -0.1) is 12.4 Å². The van der Waals surface area contributed by atoms with Crippen molar-refractivity contribution < 1.29 is 7.59 Å². The molecule has 0 spiro atoms. The van der Waals surface area contributed by atoms with E-state index in [2.05, 4.69) is 11.6 Å². The average molecular weight is 229 g/mol. The van der Waals surface area contributed by atoms with Gasteiger partial charge in [-0.05, 0) is 12.8 Å². The van der Waals surface area contributed by atoms with Crippen molar-refractivity contribution >= 4 is 41.7 Å². The van der Waals surface area contributed by atoms with Crippen LogP contribution in [0.1, 0.15) is 15.7 Å². The summed E-state index contributed by atoms with van der Waals surface area (Å²) in [5.41, 5.74) is 0. The van der Waals surface area contributed by atoms with E-state index in [4.69, 9.17) is 4.74 Å². The number of ether oxygens (including phenoxy) is 1. The minimum atomic E-state index is 0. The molecule has 0 bridgehead atoms. The van der Waals surface area contributed by atoms with Crippen molar-refractivity contribution in [2.45, 2.75) is 12.8 Å². The van der Waals surface area contributed by atoms with Crippen LogP contribution in [0.25, 0.3) is 6.20 Å². The number of hydrogen-bond acceptors (Lipinski definition) is 2. The molecule has 1 saturated heterocycles. The maximum absolute atomic E-state index is 4.94. The Hall–Kier alpha value is -0.0338. The Morgan fingerprint density at radius 3 is 2.29 bits per heavy atom. The quantitative estimate of drug-likeness (QED) is 0.689. The van der Waals surface area contributed by atoms with Crippen molar-refractivity contribution in [2.24, 2.45) is 0 Å². The Morgan fingerprint density at radius 1 is 1.43 bits per heavy atom. The first-order valence-electron chi connectivity index (χ1n) is 4.11. The zero-order chi connectivity index (χ0) is 8.65. The number of imidazole rings is 1. The van der Waals surface area contributed by atoms with Crippen LogP contribution in [-0.2, 0) is 4.74 Å². The van der Waals surface area contributed by atoms with Crippen molar-refractivity contribution in [1.29, 1.82) is 0 Å². The van der Waals surface area contributed by atoms with Crippen LogP contribution in [0.2, 0.25) is 0 Å². The molecule has 1 aliphatic rings. The van der Waals surface area contributed by atoms with E-state index >= 15 is 0 Å². The van der Waals surface area contributed by atoms with Crippen LogP contribution in [0, 0.1) is 0 Å². The van der Waals surface area contributed by atoms with Crippen molar-refractivity contribution in [3.63, 3.8) is 0 Å². The average Bonchev–Trinajstić information content (AvgIpc) is 2.81. The molecule has 2 rings (SSSR count). The van der Waals surface area contributed by atoms with Crippen LogP contribution < -0.4 is 0 Å². The fourth-order valence-corrected chi connectivity index (χ4v) is 0.888. The third-order valence-corrected chi connectivity index (χ3v) is 1.56. The van der Waals surface area contributed by atoms with Gasteiger partial charge in [0, 0.05) is 31.8 Å². The fraction of sp³-hybridized carbons (Fsp3) is 0.444. The molecular formula is C9H17ClMgN2O. The second kappa shape index (κ2) is 11.0. The van der Waals surface area contributed by atoms with Crippen LogP contribution in [0.5, 0.6) is 0 Å². The summed E-state index contributed by atoms with van der Waals surface area (Å²) in [6.07, 6.45) is 9.47. The van der Waals surface area contributed by atoms with E-state index < -0.39 is 0 Å². The Bertz CT molecular complexity index is 214. The third kappa shape index (κ3) is 7.38. The van der Waals surface area contributed by atoms with Crippen molar-refractivity contribution in [1.82, 2.24) is 9.55 Å². The Balaban J connectivity index is -0.0000000739. The van der Waals surface area contributed by atoms with Gasteiger partial charge in [-0.2, -0.15) is 0 Å². The molecule has 3 nitrogen and oxygen atoms in total. The molecule has 5 heteroatoms. The normalized spacial score (nSPS) is 12.9. The predicted molar refractivity (Wildman–Crippen MR) is 63.9 cm³/mol. The number of aromatic nitrogens is 2. The van der Waals surface area contributed by atoms with E-state index in [-0.39, 0.29) is 38.3 Å². The van der Waals surface area contributed by atoms with Crippen molar-refractivity contribution in [2.75, 3.05) is 13.2 Å². The minimum absolute atomic E-state index is 0. The van der Waals surface area contributed by atoms with E-state index in [0.29, 0.717) is 0 Å². The van der Waals surface area contributed by atoms with Gasteiger partial charge in [0.1, 0.15) is 0 Å². The smallest absolute Gasteiger partial charge is 1.00 e. The second-order valence-corrected chi connectivity index (χ2v) is 2.51. The molecular weight excluding hydrogens is 212 g/mol. The van der Waals surface area contributed by atoms with Gasteiger partial charge in [0.25, 0.3) is 0 Å². The van der Waals surface area contributed by atoms with E-state index in [9.17, 15) is 0 Å². The maximum atomic E-state index is 4.94. The van der Waals surface area contributed by atoms with Gasteiger partial charge < -0.3 is 12.2 Å². The summed E-state index contributed by atoms with van der Waals surface area (Å²) >= 11 is 0. The van der Waals surface area contributed by atoms with Crippen LogP contribution in [0.3, 0.4) is 0 Å². The summed E-state index contributed by atoms with van der Waals surface area (Å²) in [6, 6.07) is 0. The zero-order valence-corrected chi connectivity index (χ0v) is 10.5. The molecule has 78 valence electrons. The Labute approximate surface area is 110 Å². The molecule has 0 atom stereocenters. The predicted octanol–water partition coefficient (Wildman–Crippen LogP) is 2.05. The number of halogens is 1. The van der Waals surface area contributed by atoms with Crippen molar-refractivity contribution in [3.8, 4) is 0 Å². The largest absolute Gasteiger partial charge is 2.00 e. The molecule has 0 radical (unpaired) electrons. The van der Waals surface area contributed by atoms with Gasteiger partial charge in [0.15, 0.2) is 0 Å². The topological polar surface area (TPSA) is 27.1 Å². The molecule has 1 fully saturated rings. The van der Waals surface area contributed by atoms with Gasteiger partial charge in [0.2, 0.25) is 0 Å². The van der Waals surface area contributed by atoms with E-state index in [1.807, 2.05) is 6.20 Å². The first-order valence-corrected chi connectivity index (χ1v) is 4.11. The van der Waals surface area contributed by atoms with Gasteiger partial charge in [-0.25, -0.2) is 4.98 Å². The molecule has 0 amide bonds. The molecule has 0 unspecified atom stereocenters. The monoisotopic (exact) mass is 228 g/mol. The Kier molecular flexibility index (Phi) is 12.9. The maximum Gasteiger partial charge on any atom is 2.00 e. The zero-order valence-electron chi connectivity index (χ0n) is 10.3. The third-order valence-electron chi connectivity index (χ3n) is 1.56. The summed E-state index contributed by atoms with van der Waals surface area (Å²) in [4.78, 5) is 3.78. The van der Waals surface area contributed by atoms with E-state index in [1.54, 1.807) is 23.3 Å². The SMILES string of the molecule is C1CCOC1.C=Cn1ccnc1.Cl.[H-].[H-].[Mg+2]. The van der Waals surface area contributed by atoms with Crippen LogP contribution in [0.4, 0.5) is 0 Å². The van der Waals surface area contributed by atoms with Gasteiger partial charge in [-0.3, -0.25) is 0 Å². The minimum Gasteiger partial charge on any atom is -1.00 e. The summed E-state index contributed by atoms with van der Waals surface area (Å²) in [6.45, 7) is 5.53. The van der Waals surface area contributed by atoms with E-state index in [0.717, 1.165) is 13.2 Å². The summed E-state index contributed by atoms with van der Waals surface area (Å²) in [5, 5.41) is 0. The molecule has 2 heterocycles. The number of rotatable bonds is 1. The van der Waals surface area contributed by atoms with Gasteiger partial charge >= 0.3 is 23.1 Å². The van der Waals surface area contributed by atoms with Crippen molar-refractivity contribution in [3.05, 3.63) is 25.3 Å². The Morgan fingerprint density at radius 2 is 2.07 bits per heavy atom. The second-order valence-electron chi connectivity index (χ2n) is 2.51. The van der Waals surface area contributed by atoms with Gasteiger partial charge in [-0.1, -0.05) is 6.58 Å². The van der Waals surface area contributed by atoms with Gasteiger partial charge in [0.05, 0.1) is 6.33 Å². The molecule has 1 aliphatic heterocycles.